The summed E-state index contributed by atoms with van der Waals surface area (Å²) in [6.07, 6.45) is 2.20. The summed E-state index contributed by atoms with van der Waals surface area (Å²) in [5.74, 6) is -0.416. The zero-order chi connectivity index (χ0) is 19.1. The molecule has 26 heavy (non-hydrogen) atoms. The van der Waals surface area contributed by atoms with Gasteiger partial charge in [-0.2, -0.15) is 0 Å². The maximum absolute atomic E-state index is 13.1. The smallest absolute Gasteiger partial charge is 0.230 e. The van der Waals surface area contributed by atoms with E-state index in [1.54, 1.807) is 17.0 Å². The van der Waals surface area contributed by atoms with Gasteiger partial charge in [-0.3, -0.25) is 9.59 Å². The number of benzene rings is 1. The Morgan fingerprint density at radius 3 is 2.69 bits per heavy atom. The van der Waals surface area contributed by atoms with E-state index in [4.69, 9.17) is 22.1 Å². The third kappa shape index (κ3) is 3.38. The van der Waals surface area contributed by atoms with Crippen LogP contribution >= 0.6 is 11.6 Å². The third-order valence-electron chi connectivity index (χ3n) is 5.30. The van der Waals surface area contributed by atoms with Crippen LogP contribution in [-0.2, 0) is 14.3 Å². The zero-order valence-electron chi connectivity index (χ0n) is 15.4. The minimum atomic E-state index is -0.713. The minimum Gasteiger partial charge on any atom is -0.396 e. The summed E-state index contributed by atoms with van der Waals surface area (Å²) in [4.78, 5) is 27.2. The lowest BCUT2D eigenvalue weighted by Crippen LogP contribution is -2.58. The van der Waals surface area contributed by atoms with Crippen molar-refractivity contribution in [2.24, 2.45) is 11.1 Å². The Morgan fingerprint density at radius 1 is 1.35 bits per heavy atom. The number of ketones is 1. The predicted octanol–water partition coefficient (Wildman–Crippen LogP) is 2.88. The average Bonchev–Trinajstić information content (AvgIpc) is 2.58. The fraction of sp³-hybridized carbons (Fsp3) is 0.500. The van der Waals surface area contributed by atoms with Crippen LogP contribution in [0.1, 0.15) is 38.7 Å². The monoisotopic (exact) mass is 376 g/mol. The molecule has 0 saturated carbocycles. The molecule has 1 aromatic carbocycles. The number of halogens is 1. The van der Waals surface area contributed by atoms with E-state index < -0.39 is 11.0 Å². The number of hydrogen-bond acceptors (Lipinski definition) is 4. The lowest BCUT2D eigenvalue weighted by Gasteiger charge is -2.47. The van der Waals surface area contributed by atoms with Crippen molar-refractivity contribution in [3.8, 4) is 0 Å². The molecule has 0 radical (unpaired) electrons. The molecular weight excluding hydrogens is 352 g/mol. The molecule has 1 fully saturated rings. The number of ether oxygens (including phenoxy) is 1. The number of nitrogens with two attached hydrogens (primary N) is 1. The highest BCUT2D eigenvalue weighted by molar-refractivity contribution is 6.31. The molecule has 140 valence electrons. The maximum atomic E-state index is 13.1. The van der Waals surface area contributed by atoms with Gasteiger partial charge in [0, 0.05) is 17.0 Å². The van der Waals surface area contributed by atoms with Crippen LogP contribution < -0.4 is 5.73 Å². The van der Waals surface area contributed by atoms with Gasteiger partial charge in [0.2, 0.25) is 5.91 Å². The van der Waals surface area contributed by atoms with Crippen molar-refractivity contribution in [1.82, 2.24) is 4.90 Å². The number of carbonyl (C=O) groups excluding carboxylic acids is 2. The average molecular weight is 377 g/mol. The minimum absolute atomic E-state index is 0.00227. The molecule has 1 saturated heterocycles. The molecule has 3 rings (SSSR count). The van der Waals surface area contributed by atoms with Crippen molar-refractivity contribution in [1.29, 1.82) is 0 Å². The van der Waals surface area contributed by atoms with Gasteiger partial charge in [0.05, 0.1) is 24.8 Å². The Labute approximate surface area is 159 Å². The second-order valence-electron chi connectivity index (χ2n) is 7.91. The van der Waals surface area contributed by atoms with Gasteiger partial charge in [-0.1, -0.05) is 43.6 Å². The molecule has 2 N–H and O–H groups in total. The standard InChI is InChI=1S/C20H25ClN2O3/c1-13(14-6-4-5-7-15(14)21)18(25)23-8-9-26-20(12-23)10-16(22)17(24)19(2,3)11-20/h4-7,10,13H,8-9,11-12,22H2,1-3H3. The third-order valence-corrected chi connectivity index (χ3v) is 5.64. The van der Waals surface area contributed by atoms with Crippen LogP contribution in [-0.4, -0.2) is 41.9 Å². The van der Waals surface area contributed by atoms with Crippen LogP contribution in [0.2, 0.25) is 5.02 Å². The molecule has 1 aromatic rings. The molecule has 2 aliphatic rings. The van der Waals surface area contributed by atoms with Gasteiger partial charge >= 0.3 is 0 Å². The van der Waals surface area contributed by atoms with Gasteiger partial charge in [-0.05, 0) is 31.1 Å². The van der Waals surface area contributed by atoms with Crippen LogP contribution in [0, 0.1) is 5.41 Å². The van der Waals surface area contributed by atoms with E-state index in [0.717, 1.165) is 5.56 Å². The Balaban J connectivity index is 1.84. The predicted molar refractivity (Wildman–Crippen MR) is 101 cm³/mol. The summed E-state index contributed by atoms with van der Waals surface area (Å²) in [6, 6.07) is 7.40. The number of morpholine rings is 1. The molecule has 1 aliphatic carbocycles. The first-order chi connectivity index (χ1) is 12.2. The normalized spacial score (nSPS) is 26.5. The van der Waals surface area contributed by atoms with E-state index >= 15 is 0 Å². The maximum Gasteiger partial charge on any atom is 0.230 e. The van der Waals surface area contributed by atoms with Crippen LogP contribution in [0.4, 0.5) is 0 Å². The molecule has 0 bridgehead atoms. The van der Waals surface area contributed by atoms with Crippen LogP contribution in [0.5, 0.6) is 0 Å². The number of rotatable bonds is 2. The van der Waals surface area contributed by atoms with Gasteiger partial charge in [-0.25, -0.2) is 0 Å². The Morgan fingerprint density at radius 2 is 2.04 bits per heavy atom. The SMILES string of the molecule is CC(C(=O)N1CCOC2(C=C(N)C(=O)C(C)(C)C2)C1)c1ccccc1Cl. The van der Waals surface area contributed by atoms with Crippen LogP contribution in [0.25, 0.3) is 0 Å². The van der Waals surface area contributed by atoms with Gasteiger partial charge in [-0.15, -0.1) is 0 Å². The van der Waals surface area contributed by atoms with E-state index in [1.807, 2.05) is 39.0 Å². The van der Waals surface area contributed by atoms with Gasteiger partial charge in [0.25, 0.3) is 0 Å². The number of nitrogens with zero attached hydrogens (tertiary/aromatic N) is 1. The molecule has 1 heterocycles. The molecule has 0 aromatic heterocycles. The summed E-state index contributed by atoms with van der Waals surface area (Å²) >= 11 is 6.26. The Hall–Kier alpha value is -1.85. The fourth-order valence-corrected chi connectivity index (χ4v) is 4.34. The van der Waals surface area contributed by atoms with Crippen LogP contribution in [0.15, 0.2) is 36.0 Å². The highest BCUT2D eigenvalue weighted by Gasteiger charge is 2.48. The molecule has 1 spiro atoms. The Kier molecular flexibility index (Phi) is 4.88. The second-order valence-corrected chi connectivity index (χ2v) is 8.31. The van der Waals surface area contributed by atoms with Gasteiger partial charge in [0.15, 0.2) is 5.78 Å². The summed E-state index contributed by atoms with van der Waals surface area (Å²) in [7, 11) is 0. The summed E-state index contributed by atoms with van der Waals surface area (Å²) in [6.45, 7) is 6.91. The number of hydrogen-bond donors (Lipinski definition) is 1. The van der Waals surface area contributed by atoms with E-state index in [2.05, 4.69) is 0 Å². The number of Topliss-reactive ketones (excluding diaryl/α,β-unsaturated/α-hetero) is 1. The van der Waals surface area contributed by atoms with Crippen molar-refractivity contribution in [3.63, 3.8) is 0 Å². The van der Waals surface area contributed by atoms with E-state index in [-0.39, 0.29) is 23.3 Å². The highest BCUT2D eigenvalue weighted by atomic mass is 35.5. The summed E-state index contributed by atoms with van der Waals surface area (Å²) in [5.41, 5.74) is 5.67. The van der Waals surface area contributed by atoms with Crippen molar-refractivity contribution < 1.29 is 14.3 Å². The first-order valence-electron chi connectivity index (χ1n) is 8.85. The fourth-order valence-electron chi connectivity index (χ4n) is 4.04. The highest BCUT2D eigenvalue weighted by Crippen LogP contribution is 2.40. The van der Waals surface area contributed by atoms with Crippen molar-refractivity contribution in [2.75, 3.05) is 19.7 Å². The number of amides is 1. The van der Waals surface area contributed by atoms with Crippen molar-refractivity contribution in [2.45, 2.75) is 38.7 Å². The number of allylic oxidation sites excluding steroid dienone is 1. The first kappa shape index (κ1) is 18.9. The van der Waals surface area contributed by atoms with E-state index in [1.165, 1.54) is 0 Å². The summed E-state index contributed by atoms with van der Waals surface area (Å²) < 4.78 is 6.02. The molecule has 6 heteroatoms. The van der Waals surface area contributed by atoms with E-state index in [0.29, 0.717) is 31.1 Å². The van der Waals surface area contributed by atoms with Gasteiger partial charge in [0.1, 0.15) is 5.60 Å². The molecule has 1 aliphatic heterocycles. The zero-order valence-corrected chi connectivity index (χ0v) is 16.2. The molecular formula is C20H25ClN2O3. The lowest BCUT2D eigenvalue weighted by molar-refractivity contribution is -0.152. The van der Waals surface area contributed by atoms with Crippen LogP contribution in [0.3, 0.4) is 0 Å². The quantitative estimate of drug-likeness (QED) is 0.861. The molecule has 2 atom stereocenters. The molecule has 1 amide bonds. The Bertz CT molecular complexity index is 774. The van der Waals surface area contributed by atoms with Crippen molar-refractivity contribution >= 4 is 23.3 Å². The first-order valence-corrected chi connectivity index (χ1v) is 9.23. The summed E-state index contributed by atoms with van der Waals surface area (Å²) in [5, 5.41) is 0.588. The number of carbonyl (C=O) groups is 2. The lowest BCUT2D eigenvalue weighted by atomic mass is 9.71. The second kappa shape index (κ2) is 6.71. The van der Waals surface area contributed by atoms with Gasteiger partial charge < -0.3 is 15.4 Å². The topological polar surface area (TPSA) is 72.6 Å². The van der Waals surface area contributed by atoms with E-state index in [9.17, 15) is 9.59 Å². The molecule has 5 nitrogen and oxygen atoms in total. The largest absolute Gasteiger partial charge is 0.396 e. The molecule has 2 unspecified atom stereocenters. The van der Waals surface area contributed by atoms with Crippen molar-refractivity contribution in [3.05, 3.63) is 46.6 Å².